The molecule has 1 aliphatic rings. The molecule has 2 atom stereocenters. The molecule has 2 heterocycles. The van der Waals surface area contributed by atoms with Crippen molar-refractivity contribution in [1.29, 1.82) is 0 Å². The number of hydrogen-bond donors (Lipinski definition) is 2. The van der Waals surface area contributed by atoms with E-state index in [1.807, 2.05) is 0 Å². The zero-order chi connectivity index (χ0) is 13.4. The molecule has 2 aromatic rings. The number of aromatic nitrogens is 2. The summed E-state index contributed by atoms with van der Waals surface area (Å²) in [7, 11) is 0. The third-order valence-electron chi connectivity index (χ3n) is 3.25. The van der Waals surface area contributed by atoms with Crippen molar-refractivity contribution in [3.63, 3.8) is 0 Å². The molecule has 0 aliphatic carbocycles. The van der Waals surface area contributed by atoms with Crippen LogP contribution in [0.1, 0.15) is 17.5 Å². The highest BCUT2D eigenvalue weighted by atomic mass is 35.5. The third kappa shape index (κ3) is 2.63. The summed E-state index contributed by atoms with van der Waals surface area (Å²) >= 11 is 13.8. The van der Waals surface area contributed by atoms with E-state index in [2.05, 4.69) is 9.97 Å². The first-order valence-corrected chi connectivity index (χ1v) is 7.67. The van der Waals surface area contributed by atoms with Crippen LogP contribution in [-0.2, 0) is 6.42 Å². The Labute approximate surface area is 125 Å². The van der Waals surface area contributed by atoms with Gasteiger partial charge in [-0.3, -0.25) is 0 Å². The topological polar surface area (TPSA) is 48.9 Å². The van der Waals surface area contributed by atoms with Gasteiger partial charge in [0.2, 0.25) is 0 Å². The maximum Gasteiger partial charge on any atom is 0.106 e. The molecule has 1 aromatic carbocycles. The van der Waals surface area contributed by atoms with Gasteiger partial charge in [0.1, 0.15) is 5.82 Å². The van der Waals surface area contributed by atoms with Gasteiger partial charge < -0.3 is 10.1 Å². The van der Waals surface area contributed by atoms with E-state index in [0.29, 0.717) is 16.5 Å². The van der Waals surface area contributed by atoms with E-state index in [9.17, 15) is 5.11 Å². The molecule has 2 N–H and O–H groups in total. The molecule has 6 heteroatoms. The average molecular weight is 315 g/mol. The fourth-order valence-electron chi connectivity index (χ4n) is 2.32. The molecular weight excluding hydrogens is 303 g/mol. The zero-order valence-corrected chi connectivity index (χ0v) is 12.3. The predicted octanol–water partition coefficient (Wildman–Crippen LogP) is 3.71. The number of nitrogens with one attached hydrogen (secondary N) is 1. The van der Waals surface area contributed by atoms with Gasteiger partial charge in [0.05, 0.1) is 11.1 Å². The summed E-state index contributed by atoms with van der Waals surface area (Å²) in [5.41, 5.74) is 0.824. The van der Waals surface area contributed by atoms with Crippen LogP contribution in [0, 0.1) is 5.92 Å². The van der Waals surface area contributed by atoms with Gasteiger partial charge in [-0.1, -0.05) is 23.2 Å². The van der Waals surface area contributed by atoms with Crippen molar-refractivity contribution in [2.45, 2.75) is 17.4 Å². The lowest BCUT2D eigenvalue weighted by Crippen LogP contribution is -2.22. The van der Waals surface area contributed by atoms with Crippen molar-refractivity contribution in [2.75, 3.05) is 5.75 Å². The van der Waals surface area contributed by atoms with Crippen molar-refractivity contribution < 1.29 is 5.11 Å². The van der Waals surface area contributed by atoms with Gasteiger partial charge in [0.15, 0.2) is 0 Å². The number of fused-ring (bicyclic) bond motifs is 1. The number of rotatable bonds is 2. The Morgan fingerprint density at radius 1 is 1.42 bits per heavy atom. The van der Waals surface area contributed by atoms with Crippen molar-refractivity contribution in [3.05, 3.63) is 46.0 Å². The van der Waals surface area contributed by atoms with Gasteiger partial charge in [-0.05, 0) is 17.7 Å². The quantitative estimate of drug-likeness (QED) is 0.888. The largest absolute Gasteiger partial charge is 0.388 e. The van der Waals surface area contributed by atoms with Gasteiger partial charge in [-0.25, -0.2) is 4.98 Å². The van der Waals surface area contributed by atoms with Crippen LogP contribution < -0.4 is 0 Å². The van der Waals surface area contributed by atoms with Gasteiger partial charge in [-0.2, -0.15) is 0 Å². The molecule has 19 heavy (non-hydrogen) atoms. The van der Waals surface area contributed by atoms with Gasteiger partial charge in [0.25, 0.3) is 0 Å². The normalized spacial score (nSPS) is 22.3. The van der Waals surface area contributed by atoms with Crippen LogP contribution in [0.3, 0.4) is 0 Å². The summed E-state index contributed by atoms with van der Waals surface area (Å²) in [6, 6.07) is 3.52. The first kappa shape index (κ1) is 13.3. The number of aliphatic hydroxyl groups excluding tert-OH is 1. The minimum absolute atomic E-state index is 0.109. The van der Waals surface area contributed by atoms with E-state index < -0.39 is 6.10 Å². The lowest BCUT2D eigenvalue weighted by molar-refractivity contribution is 0.114. The molecule has 0 radical (unpaired) electrons. The summed E-state index contributed by atoms with van der Waals surface area (Å²) in [4.78, 5) is 8.22. The first-order valence-electron chi connectivity index (χ1n) is 5.93. The van der Waals surface area contributed by atoms with Crippen molar-refractivity contribution in [3.8, 4) is 0 Å². The summed E-state index contributed by atoms with van der Waals surface area (Å²) < 4.78 is 0. The molecule has 0 bridgehead atoms. The second-order valence-corrected chi connectivity index (χ2v) is 6.44. The third-order valence-corrected chi connectivity index (χ3v) is 5.22. The number of aliphatic hydroxyl groups is 1. The molecule has 0 unspecified atom stereocenters. The van der Waals surface area contributed by atoms with Gasteiger partial charge in [-0.15, -0.1) is 11.8 Å². The Balaban J connectivity index is 1.89. The van der Waals surface area contributed by atoms with Gasteiger partial charge >= 0.3 is 0 Å². The second kappa shape index (κ2) is 5.37. The van der Waals surface area contributed by atoms with Crippen LogP contribution in [0.25, 0.3) is 0 Å². The number of hydrogen-bond acceptors (Lipinski definition) is 3. The Morgan fingerprint density at radius 3 is 3.00 bits per heavy atom. The van der Waals surface area contributed by atoms with Crippen LogP contribution in [0.2, 0.25) is 10.0 Å². The first-order chi connectivity index (χ1) is 9.15. The fourth-order valence-corrected chi connectivity index (χ4v) is 4.21. The molecule has 3 rings (SSSR count). The maximum absolute atomic E-state index is 10.5. The molecular formula is C13H12Cl2N2OS. The Hall–Kier alpha value is -0.680. The number of benzene rings is 1. The van der Waals surface area contributed by atoms with E-state index >= 15 is 0 Å². The minimum Gasteiger partial charge on any atom is -0.388 e. The lowest BCUT2D eigenvalue weighted by Gasteiger charge is -2.29. The van der Waals surface area contributed by atoms with Crippen LogP contribution in [0.15, 0.2) is 29.4 Å². The van der Waals surface area contributed by atoms with Gasteiger partial charge in [0, 0.05) is 40.4 Å². The highest BCUT2D eigenvalue weighted by molar-refractivity contribution is 7.99. The Kier molecular flexibility index (Phi) is 3.76. The lowest BCUT2D eigenvalue weighted by atomic mass is 9.93. The van der Waals surface area contributed by atoms with Crippen molar-refractivity contribution in [1.82, 2.24) is 9.97 Å². The summed E-state index contributed by atoms with van der Waals surface area (Å²) in [5, 5.41) is 11.7. The minimum atomic E-state index is -0.558. The number of halogens is 2. The molecule has 1 aliphatic heterocycles. The van der Waals surface area contributed by atoms with E-state index in [1.165, 1.54) is 0 Å². The van der Waals surface area contributed by atoms with E-state index in [0.717, 1.165) is 22.0 Å². The summed E-state index contributed by atoms with van der Waals surface area (Å²) in [5.74, 6) is 1.82. The second-order valence-electron chi connectivity index (χ2n) is 4.56. The standard InChI is InChI=1S/C13H12Cl2N2OS/c14-8-4-9-12(18)7(3-11-16-1-2-17-11)6-19-13(9)10(15)5-8/h1-2,4-5,7,12,18H,3,6H2,(H,16,17)/t7-,12+/m0/s1. The fraction of sp³-hybridized carbons (Fsp3) is 0.308. The molecule has 0 fully saturated rings. The molecule has 0 saturated carbocycles. The molecule has 0 saturated heterocycles. The van der Waals surface area contributed by atoms with E-state index in [4.69, 9.17) is 23.2 Å². The van der Waals surface area contributed by atoms with Crippen LogP contribution in [0.5, 0.6) is 0 Å². The van der Waals surface area contributed by atoms with Crippen molar-refractivity contribution >= 4 is 35.0 Å². The predicted molar refractivity (Wildman–Crippen MR) is 77.9 cm³/mol. The van der Waals surface area contributed by atoms with Crippen LogP contribution in [0.4, 0.5) is 0 Å². The Bertz CT molecular complexity index is 589. The highest BCUT2D eigenvalue weighted by Gasteiger charge is 2.30. The molecule has 0 spiro atoms. The number of nitrogens with zero attached hydrogens (tertiary/aromatic N) is 1. The zero-order valence-electron chi connectivity index (χ0n) is 9.94. The molecule has 1 aromatic heterocycles. The average Bonchev–Trinajstić information content (AvgIpc) is 2.86. The number of aromatic amines is 1. The number of imidazole rings is 1. The van der Waals surface area contributed by atoms with Crippen molar-refractivity contribution in [2.24, 2.45) is 5.92 Å². The molecule has 100 valence electrons. The van der Waals surface area contributed by atoms with Crippen LogP contribution >= 0.6 is 35.0 Å². The van der Waals surface area contributed by atoms with E-state index in [1.54, 1.807) is 36.3 Å². The van der Waals surface area contributed by atoms with Crippen LogP contribution in [-0.4, -0.2) is 20.8 Å². The monoisotopic (exact) mass is 314 g/mol. The summed E-state index contributed by atoms with van der Waals surface area (Å²) in [6.45, 7) is 0. The Morgan fingerprint density at radius 2 is 2.26 bits per heavy atom. The smallest absolute Gasteiger partial charge is 0.106 e. The maximum atomic E-state index is 10.5. The van der Waals surface area contributed by atoms with E-state index in [-0.39, 0.29) is 5.92 Å². The molecule has 0 amide bonds. The SMILES string of the molecule is O[C@H]1c2cc(Cl)cc(Cl)c2SC[C@@H]1Cc1ncc[nH]1. The number of H-pyrrole nitrogens is 1. The summed E-state index contributed by atoms with van der Waals surface area (Å²) in [6.07, 6.45) is 3.67. The molecule has 3 nitrogen and oxygen atoms in total. The number of thioether (sulfide) groups is 1. The highest BCUT2D eigenvalue weighted by Crippen LogP contribution is 2.45.